The molecular weight excluding hydrogens is 438 g/mol. The lowest BCUT2D eigenvalue weighted by atomic mass is 10.2. The molecule has 0 saturated heterocycles. The van der Waals surface area contributed by atoms with Crippen LogP contribution in [-0.4, -0.2) is 21.6 Å². The first-order valence-corrected chi connectivity index (χ1v) is 11.4. The molecule has 0 unspecified atom stereocenters. The van der Waals surface area contributed by atoms with E-state index >= 15 is 0 Å². The van der Waals surface area contributed by atoms with E-state index in [1.807, 2.05) is 55.5 Å². The van der Waals surface area contributed by atoms with Crippen molar-refractivity contribution in [1.82, 2.24) is 14.5 Å². The third kappa shape index (κ3) is 4.17. The van der Waals surface area contributed by atoms with Gasteiger partial charge < -0.3 is 13.6 Å². The summed E-state index contributed by atoms with van der Waals surface area (Å²) in [7, 11) is 1.62. The Kier molecular flexibility index (Phi) is 5.75. The number of hydrogen-bond acceptors (Lipinski definition) is 7. The van der Waals surface area contributed by atoms with Crippen molar-refractivity contribution < 1.29 is 13.6 Å². The van der Waals surface area contributed by atoms with E-state index in [-0.39, 0.29) is 5.56 Å². The molecular formula is C25H21N3O4S. The van der Waals surface area contributed by atoms with Gasteiger partial charge in [0.1, 0.15) is 17.3 Å². The minimum absolute atomic E-state index is 0.105. The molecule has 0 atom stereocenters. The summed E-state index contributed by atoms with van der Waals surface area (Å²) in [5, 5.41) is 1.17. The van der Waals surface area contributed by atoms with E-state index in [2.05, 4.69) is 0 Å². The Morgan fingerprint density at radius 1 is 1.03 bits per heavy atom. The molecule has 0 N–H and O–H groups in total. The second kappa shape index (κ2) is 8.99. The van der Waals surface area contributed by atoms with E-state index < -0.39 is 0 Å². The van der Waals surface area contributed by atoms with E-state index in [9.17, 15) is 4.79 Å². The second-order valence-electron chi connectivity index (χ2n) is 7.39. The summed E-state index contributed by atoms with van der Waals surface area (Å²) < 4.78 is 18.5. The number of benzene rings is 2. The molecule has 2 aromatic carbocycles. The van der Waals surface area contributed by atoms with E-state index in [4.69, 9.17) is 23.5 Å². The van der Waals surface area contributed by atoms with Gasteiger partial charge in [-0.1, -0.05) is 36.0 Å². The summed E-state index contributed by atoms with van der Waals surface area (Å²) in [6.45, 7) is 2.18. The van der Waals surface area contributed by atoms with Crippen LogP contribution in [0.15, 0.2) is 85.7 Å². The molecule has 0 aliphatic rings. The predicted molar refractivity (Wildman–Crippen MR) is 127 cm³/mol. The van der Waals surface area contributed by atoms with Gasteiger partial charge in [0.05, 0.1) is 42.1 Å². The second-order valence-corrected chi connectivity index (χ2v) is 8.34. The van der Waals surface area contributed by atoms with Gasteiger partial charge in [-0.25, -0.2) is 9.97 Å². The quantitative estimate of drug-likeness (QED) is 0.241. The predicted octanol–water partition coefficient (Wildman–Crippen LogP) is 5.30. The summed E-state index contributed by atoms with van der Waals surface area (Å²) in [4.78, 5) is 22.7. The molecule has 33 heavy (non-hydrogen) atoms. The van der Waals surface area contributed by atoms with Crippen molar-refractivity contribution in [2.75, 3.05) is 7.11 Å². The van der Waals surface area contributed by atoms with Gasteiger partial charge in [0.15, 0.2) is 5.16 Å². The number of methoxy groups -OCH3 is 1. The molecule has 8 heteroatoms. The zero-order valence-corrected chi connectivity index (χ0v) is 19.0. The van der Waals surface area contributed by atoms with Gasteiger partial charge in [-0.2, -0.15) is 0 Å². The maximum atomic E-state index is 13.2. The van der Waals surface area contributed by atoms with Crippen LogP contribution in [0.5, 0.6) is 5.75 Å². The Labute approximate surface area is 194 Å². The minimum Gasteiger partial charge on any atom is -0.496 e. The molecule has 0 amide bonds. The number of oxazole rings is 1. The van der Waals surface area contributed by atoms with Gasteiger partial charge in [0.2, 0.25) is 5.89 Å². The Morgan fingerprint density at radius 2 is 1.85 bits per heavy atom. The van der Waals surface area contributed by atoms with Crippen LogP contribution in [0.1, 0.15) is 17.2 Å². The number of para-hydroxylation sites is 2. The van der Waals surface area contributed by atoms with Gasteiger partial charge >= 0.3 is 0 Å². The molecule has 0 bridgehead atoms. The zero-order valence-electron chi connectivity index (χ0n) is 18.1. The average Bonchev–Trinajstić information content (AvgIpc) is 3.49. The highest BCUT2D eigenvalue weighted by molar-refractivity contribution is 7.98. The number of thioether (sulfide) groups is 1. The fraction of sp³-hybridized carbons (Fsp3) is 0.160. The average molecular weight is 460 g/mol. The van der Waals surface area contributed by atoms with Crippen LogP contribution in [0, 0.1) is 6.92 Å². The van der Waals surface area contributed by atoms with E-state index in [1.54, 1.807) is 30.1 Å². The first kappa shape index (κ1) is 21.1. The molecule has 3 heterocycles. The highest BCUT2D eigenvalue weighted by Crippen LogP contribution is 2.32. The molecule has 0 spiro atoms. The number of rotatable bonds is 7. The van der Waals surface area contributed by atoms with Crippen molar-refractivity contribution in [1.29, 1.82) is 0 Å². The highest BCUT2D eigenvalue weighted by Gasteiger charge is 2.18. The lowest BCUT2D eigenvalue weighted by Gasteiger charge is -2.11. The van der Waals surface area contributed by atoms with Crippen molar-refractivity contribution in [3.05, 3.63) is 94.5 Å². The van der Waals surface area contributed by atoms with E-state index in [0.29, 0.717) is 51.5 Å². The molecule has 5 aromatic rings. The number of aryl methyl sites for hydroxylation is 1. The standard InChI is InChI=1S/C25H21N3O4S/c1-16-21(26-23(32-16)19-10-4-6-12-22(19)30-2)15-33-25-27-20-11-5-3-9-18(20)24(29)28(25)14-17-8-7-13-31-17/h3-13H,14-15H2,1-2H3. The Bertz CT molecular complexity index is 1470. The van der Waals surface area contributed by atoms with Crippen LogP contribution >= 0.6 is 11.8 Å². The van der Waals surface area contributed by atoms with Crippen LogP contribution in [0.3, 0.4) is 0 Å². The van der Waals surface area contributed by atoms with E-state index in [1.165, 1.54) is 11.8 Å². The molecule has 3 aromatic heterocycles. The third-order valence-electron chi connectivity index (χ3n) is 5.29. The Morgan fingerprint density at radius 3 is 2.67 bits per heavy atom. The van der Waals surface area contributed by atoms with Crippen LogP contribution in [-0.2, 0) is 12.3 Å². The minimum atomic E-state index is -0.105. The van der Waals surface area contributed by atoms with Crippen LogP contribution in [0.2, 0.25) is 0 Å². The summed E-state index contributed by atoms with van der Waals surface area (Å²) in [5.74, 6) is 3.09. The maximum Gasteiger partial charge on any atom is 0.262 e. The van der Waals surface area contributed by atoms with Crippen molar-refractivity contribution in [2.24, 2.45) is 0 Å². The highest BCUT2D eigenvalue weighted by atomic mass is 32.2. The molecule has 0 aliphatic heterocycles. The normalized spacial score (nSPS) is 11.2. The van der Waals surface area contributed by atoms with Crippen molar-refractivity contribution >= 4 is 22.7 Å². The molecule has 0 saturated carbocycles. The lowest BCUT2D eigenvalue weighted by molar-refractivity contribution is 0.414. The van der Waals surface area contributed by atoms with Crippen molar-refractivity contribution in [3.63, 3.8) is 0 Å². The maximum absolute atomic E-state index is 13.2. The van der Waals surface area contributed by atoms with Gasteiger partial charge in [0, 0.05) is 5.75 Å². The molecule has 0 fully saturated rings. The smallest absolute Gasteiger partial charge is 0.262 e. The number of aromatic nitrogens is 3. The lowest BCUT2D eigenvalue weighted by Crippen LogP contribution is -2.23. The Hall–Kier alpha value is -3.78. The van der Waals surface area contributed by atoms with E-state index in [0.717, 1.165) is 11.3 Å². The number of nitrogens with zero attached hydrogens (tertiary/aromatic N) is 3. The van der Waals surface area contributed by atoms with Gasteiger partial charge in [-0.05, 0) is 43.3 Å². The third-order valence-corrected chi connectivity index (χ3v) is 6.28. The summed E-state index contributed by atoms with van der Waals surface area (Å²) >= 11 is 1.44. The van der Waals surface area contributed by atoms with Crippen LogP contribution < -0.4 is 10.3 Å². The summed E-state index contributed by atoms with van der Waals surface area (Å²) in [6.07, 6.45) is 1.60. The summed E-state index contributed by atoms with van der Waals surface area (Å²) in [6, 6.07) is 18.6. The SMILES string of the molecule is COc1ccccc1-c1nc(CSc2nc3ccccc3c(=O)n2Cc2ccco2)c(C)o1. The van der Waals surface area contributed by atoms with Crippen molar-refractivity contribution in [3.8, 4) is 17.2 Å². The number of hydrogen-bond donors (Lipinski definition) is 0. The van der Waals surface area contributed by atoms with Crippen molar-refractivity contribution in [2.45, 2.75) is 24.4 Å². The molecule has 0 radical (unpaired) electrons. The monoisotopic (exact) mass is 459 g/mol. The first-order chi connectivity index (χ1) is 16.1. The van der Waals surface area contributed by atoms with Crippen LogP contribution in [0.4, 0.5) is 0 Å². The zero-order chi connectivity index (χ0) is 22.8. The van der Waals surface area contributed by atoms with Crippen LogP contribution in [0.25, 0.3) is 22.4 Å². The Balaban J connectivity index is 1.49. The van der Waals surface area contributed by atoms with Gasteiger partial charge in [-0.3, -0.25) is 9.36 Å². The molecule has 7 nitrogen and oxygen atoms in total. The molecule has 5 rings (SSSR count). The fourth-order valence-electron chi connectivity index (χ4n) is 3.59. The fourth-order valence-corrected chi connectivity index (χ4v) is 4.59. The molecule has 166 valence electrons. The largest absolute Gasteiger partial charge is 0.496 e. The summed E-state index contributed by atoms with van der Waals surface area (Å²) in [5.41, 5.74) is 2.13. The number of fused-ring (bicyclic) bond motifs is 1. The number of ether oxygens (including phenoxy) is 1. The van der Waals surface area contributed by atoms with Gasteiger partial charge in [-0.15, -0.1) is 0 Å². The topological polar surface area (TPSA) is 83.3 Å². The first-order valence-electron chi connectivity index (χ1n) is 10.4. The number of furan rings is 1. The molecule has 0 aliphatic carbocycles. The van der Waals surface area contributed by atoms with Gasteiger partial charge in [0.25, 0.3) is 5.56 Å².